The number of halogens is 3. The highest BCUT2D eigenvalue weighted by Crippen LogP contribution is 2.27. The highest BCUT2D eigenvalue weighted by Gasteiger charge is 2.38. The van der Waals surface area contributed by atoms with Gasteiger partial charge in [0.2, 0.25) is 0 Å². The number of nitrogens with zero attached hydrogens (tertiary/aromatic N) is 2. The van der Waals surface area contributed by atoms with Crippen molar-refractivity contribution in [3.63, 3.8) is 0 Å². The Kier molecular flexibility index (Phi) is 10.8. The molecule has 3 aromatic rings. The third-order valence-corrected chi connectivity index (χ3v) is 7.69. The van der Waals surface area contributed by atoms with Gasteiger partial charge in [0.05, 0.1) is 4.88 Å². The Morgan fingerprint density at radius 2 is 1.70 bits per heavy atom. The predicted molar refractivity (Wildman–Crippen MR) is 154 cm³/mol. The molecule has 0 spiro atoms. The molecule has 1 atom stereocenters. The quantitative estimate of drug-likeness (QED) is 0.321. The smallest absolute Gasteiger partial charge is 0.475 e. The van der Waals surface area contributed by atoms with Crippen molar-refractivity contribution in [2.45, 2.75) is 38.9 Å². The van der Waals surface area contributed by atoms with Gasteiger partial charge in [-0.3, -0.25) is 9.69 Å². The van der Waals surface area contributed by atoms with Crippen molar-refractivity contribution in [1.29, 1.82) is 0 Å². The van der Waals surface area contributed by atoms with Crippen molar-refractivity contribution in [2.75, 3.05) is 38.6 Å². The molecule has 1 aromatic heterocycles. The molecule has 0 saturated carbocycles. The van der Waals surface area contributed by atoms with E-state index in [4.69, 9.17) is 9.90 Å². The highest BCUT2D eigenvalue weighted by atomic mass is 32.1. The molecule has 1 saturated heterocycles. The summed E-state index contributed by atoms with van der Waals surface area (Å²) < 4.78 is 31.7. The fourth-order valence-corrected chi connectivity index (χ4v) is 5.20. The van der Waals surface area contributed by atoms with Crippen LogP contribution >= 0.6 is 11.3 Å². The number of hydrogen-bond donors (Lipinski definition) is 2. The van der Waals surface area contributed by atoms with E-state index in [1.807, 2.05) is 20.2 Å². The minimum Gasteiger partial charge on any atom is -0.475 e. The van der Waals surface area contributed by atoms with Crippen molar-refractivity contribution in [3.8, 4) is 11.1 Å². The topological polar surface area (TPSA) is 72.9 Å². The van der Waals surface area contributed by atoms with E-state index in [9.17, 15) is 18.0 Å². The molecule has 0 radical (unpaired) electrons. The molecule has 4 rings (SSSR count). The first-order chi connectivity index (χ1) is 18.8. The van der Waals surface area contributed by atoms with Crippen LogP contribution in [0.2, 0.25) is 0 Å². The lowest BCUT2D eigenvalue weighted by Crippen LogP contribution is -2.30. The third kappa shape index (κ3) is 9.09. The minimum absolute atomic E-state index is 0.0406. The van der Waals surface area contributed by atoms with Crippen LogP contribution in [0.25, 0.3) is 11.1 Å². The van der Waals surface area contributed by atoms with Gasteiger partial charge in [-0.25, -0.2) is 4.79 Å². The van der Waals surface area contributed by atoms with E-state index < -0.39 is 12.1 Å². The van der Waals surface area contributed by atoms with E-state index in [2.05, 4.69) is 82.9 Å². The standard InChI is InChI=1S/C28H35N3OS.C2HF3O2/c1-20(2)23-7-5-21(6-8-23)17-31-14-13-22(18-31)16-29-28(32)27-15-25(19-33-27)24-9-11-26(12-10-24)30(3)4;3-2(4,5)1(6)7/h5-12,15,19-20,22H,13-14,16-18H2,1-4H3,(H,29,32);(H,6,7). The zero-order valence-electron chi connectivity index (χ0n) is 23.2. The Hall–Kier alpha value is -3.37. The highest BCUT2D eigenvalue weighted by molar-refractivity contribution is 7.12. The van der Waals surface area contributed by atoms with E-state index in [0.717, 1.165) is 48.6 Å². The Balaban J connectivity index is 0.000000559. The second-order valence-corrected chi connectivity index (χ2v) is 11.4. The van der Waals surface area contributed by atoms with Crippen molar-refractivity contribution < 1.29 is 27.9 Å². The van der Waals surface area contributed by atoms with Crippen LogP contribution in [0, 0.1) is 5.92 Å². The number of thiophene rings is 1. The summed E-state index contributed by atoms with van der Waals surface area (Å²) in [5, 5.41) is 12.4. The molecule has 2 N–H and O–H groups in total. The van der Waals surface area contributed by atoms with Gasteiger partial charge in [-0.1, -0.05) is 50.2 Å². The normalized spacial score (nSPS) is 15.4. The van der Waals surface area contributed by atoms with Crippen LogP contribution < -0.4 is 10.2 Å². The molecule has 2 aromatic carbocycles. The number of aliphatic carboxylic acids is 1. The average molecular weight is 576 g/mol. The summed E-state index contributed by atoms with van der Waals surface area (Å²) in [6.45, 7) is 8.33. The molecule has 1 unspecified atom stereocenters. The maximum atomic E-state index is 12.7. The van der Waals surface area contributed by atoms with Gasteiger partial charge < -0.3 is 15.3 Å². The summed E-state index contributed by atoms with van der Waals surface area (Å²) in [4.78, 5) is 27.0. The second-order valence-electron chi connectivity index (χ2n) is 10.4. The Labute approximate surface area is 237 Å². The first kappa shape index (κ1) is 31.2. The van der Waals surface area contributed by atoms with Gasteiger partial charge in [0.25, 0.3) is 5.91 Å². The molecule has 1 aliphatic rings. The Morgan fingerprint density at radius 1 is 1.07 bits per heavy atom. The van der Waals surface area contributed by atoms with Gasteiger partial charge in [-0.05, 0) is 70.6 Å². The summed E-state index contributed by atoms with van der Waals surface area (Å²) in [5.74, 6) is -1.63. The van der Waals surface area contributed by atoms with Crippen molar-refractivity contribution in [2.24, 2.45) is 5.92 Å². The average Bonchev–Trinajstić information content (AvgIpc) is 3.58. The van der Waals surface area contributed by atoms with Gasteiger partial charge >= 0.3 is 12.1 Å². The van der Waals surface area contributed by atoms with Crippen molar-refractivity contribution in [3.05, 3.63) is 76.0 Å². The van der Waals surface area contributed by atoms with Crippen LogP contribution in [-0.2, 0) is 11.3 Å². The Morgan fingerprint density at radius 3 is 2.25 bits per heavy atom. The molecule has 0 aliphatic carbocycles. The number of carbonyl (C=O) groups is 2. The van der Waals surface area contributed by atoms with Gasteiger partial charge in [-0.15, -0.1) is 11.3 Å². The predicted octanol–water partition coefficient (Wildman–Crippen LogP) is 6.49. The lowest BCUT2D eigenvalue weighted by atomic mass is 10.0. The first-order valence-electron chi connectivity index (χ1n) is 13.1. The summed E-state index contributed by atoms with van der Waals surface area (Å²) in [7, 11) is 4.07. The number of carbonyl (C=O) groups excluding carboxylic acids is 1. The molecular weight excluding hydrogens is 539 g/mol. The number of carboxylic acid groups (broad SMARTS) is 1. The molecule has 216 valence electrons. The summed E-state index contributed by atoms with van der Waals surface area (Å²) in [6.07, 6.45) is -3.95. The number of hydrogen-bond acceptors (Lipinski definition) is 5. The lowest BCUT2D eigenvalue weighted by molar-refractivity contribution is -0.192. The third-order valence-electron chi connectivity index (χ3n) is 6.76. The number of anilines is 1. The van der Waals surface area contributed by atoms with Crippen LogP contribution in [0.3, 0.4) is 0 Å². The van der Waals surface area contributed by atoms with Crippen molar-refractivity contribution >= 4 is 28.9 Å². The number of likely N-dealkylation sites (tertiary alicyclic amines) is 1. The number of benzene rings is 2. The maximum absolute atomic E-state index is 12.7. The van der Waals surface area contributed by atoms with Gasteiger partial charge in [-0.2, -0.15) is 13.2 Å². The van der Waals surface area contributed by atoms with Crippen LogP contribution in [0.1, 0.15) is 47.0 Å². The molecule has 1 amide bonds. The van der Waals surface area contributed by atoms with E-state index in [1.165, 1.54) is 28.2 Å². The van der Waals surface area contributed by atoms with E-state index in [1.54, 1.807) is 0 Å². The molecule has 6 nitrogen and oxygen atoms in total. The van der Waals surface area contributed by atoms with E-state index in [-0.39, 0.29) is 5.91 Å². The summed E-state index contributed by atoms with van der Waals surface area (Å²) in [5.41, 5.74) is 6.18. The van der Waals surface area contributed by atoms with E-state index in [0.29, 0.717) is 11.8 Å². The number of amides is 1. The molecular formula is C30H36F3N3O3S. The maximum Gasteiger partial charge on any atom is 0.490 e. The SMILES string of the molecule is CC(C)c1ccc(CN2CCC(CNC(=O)c3cc(-c4ccc(N(C)C)cc4)cs3)C2)cc1.O=C(O)C(F)(F)F. The van der Waals surface area contributed by atoms with Gasteiger partial charge in [0.15, 0.2) is 0 Å². The first-order valence-corrected chi connectivity index (χ1v) is 14.0. The molecule has 10 heteroatoms. The molecule has 1 fully saturated rings. The summed E-state index contributed by atoms with van der Waals surface area (Å²) >= 11 is 1.52. The lowest BCUT2D eigenvalue weighted by Gasteiger charge is -2.17. The molecule has 0 bridgehead atoms. The number of rotatable bonds is 8. The monoisotopic (exact) mass is 575 g/mol. The van der Waals surface area contributed by atoms with Crippen LogP contribution in [0.4, 0.5) is 18.9 Å². The van der Waals surface area contributed by atoms with Crippen molar-refractivity contribution in [1.82, 2.24) is 10.2 Å². The summed E-state index contributed by atoms with van der Waals surface area (Å²) in [6, 6.07) is 19.5. The van der Waals surface area contributed by atoms with Gasteiger partial charge in [0, 0.05) is 39.4 Å². The Bertz CT molecular complexity index is 1260. The number of nitrogens with one attached hydrogen (secondary N) is 1. The van der Waals surface area contributed by atoms with E-state index >= 15 is 0 Å². The number of carboxylic acids is 1. The van der Waals surface area contributed by atoms with Crippen LogP contribution in [0.15, 0.2) is 60.0 Å². The molecule has 1 aliphatic heterocycles. The molecule has 2 heterocycles. The number of alkyl halides is 3. The van der Waals surface area contributed by atoms with Crippen LogP contribution in [-0.4, -0.2) is 61.8 Å². The largest absolute Gasteiger partial charge is 0.490 e. The second kappa shape index (κ2) is 13.8. The fraction of sp³-hybridized carbons (Fsp3) is 0.400. The van der Waals surface area contributed by atoms with Gasteiger partial charge in [0.1, 0.15) is 0 Å². The van der Waals surface area contributed by atoms with Crippen LogP contribution in [0.5, 0.6) is 0 Å². The minimum atomic E-state index is -5.08. The molecule has 40 heavy (non-hydrogen) atoms. The zero-order valence-corrected chi connectivity index (χ0v) is 24.0. The fourth-order valence-electron chi connectivity index (χ4n) is 4.37. The zero-order chi connectivity index (χ0) is 29.4.